The van der Waals surface area contributed by atoms with Crippen molar-refractivity contribution in [2.24, 2.45) is 0 Å². The minimum atomic E-state index is -1.08. The van der Waals surface area contributed by atoms with Gasteiger partial charge in [0, 0.05) is 0 Å². The van der Waals surface area contributed by atoms with Crippen LogP contribution in [-0.2, 0) is 42.9 Å². The highest BCUT2D eigenvalue weighted by molar-refractivity contribution is 5.71. The lowest BCUT2D eigenvalue weighted by Crippen LogP contribution is -2.35. The number of aliphatic hydroxyl groups excluding tert-OH is 4. The topological polar surface area (TPSA) is 195 Å². The first kappa shape index (κ1) is 32.7. The second-order valence-corrected chi connectivity index (χ2v) is 8.34. The number of esters is 4. The molecule has 0 saturated carbocycles. The molecule has 0 aliphatic rings. The Morgan fingerprint density at radius 1 is 0.514 bits per heavy atom. The van der Waals surface area contributed by atoms with E-state index in [0.29, 0.717) is 0 Å². The molecule has 0 rings (SSSR count). The Morgan fingerprint density at radius 3 is 1.09 bits per heavy atom. The standard InChI is InChI=1S/C22H38O13/c1-13(23)5-19(27)32-11-17(34-21(29)7-15(3)25)9-31-10-18(35-22(30)8-16(4)26)12-33-20(28)6-14(2)24/h13-18,23-26H,5-12H2,1-4H3. The summed E-state index contributed by atoms with van der Waals surface area (Å²) in [5, 5.41) is 37.2. The van der Waals surface area contributed by atoms with Gasteiger partial charge in [0.05, 0.1) is 63.3 Å². The van der Waals surface area contributed by atoms with Crippen LogP contribution in [0.15, 0.2) is 0 Å². The lowest BCUT2D eigenvalue weighted by Gasteiger charge is -2.22. The molecule has 13 nitrogen and oxygen atoms in total. The van der Waals surface area contributed by atoms with E-state index >= 15 is 0 Å². The maximum atomic E-state index is 11.9. The second kappa shape index (κ2) is 18.0. The van der Waals surface area contributed by atoms with Gasteiger partial charge in [-0.2, -0.15) is 0 Å². The Bertz CT molecular complexity index is 591. The summed E-state index contributed by atoms with van der Waals surface area (Å²) in [6, 6.07) is 0. The first-order chi connectivity index (χ1) is 16.3. The zero-order valence-electron chi connectivity index (χ0n) is 20.6. The maximum absolute atomic E-state index is 11.9. The highest BCUT2D eigenvalue weighted by atomic mass is 16.6. The molecule has 0 aromatic carbocycles. The predicted molar refractivity (Wildman–Crippen MR) is 118 cm³/mol. The molecule has 0 spiro atoms. The van der Waals surface area contributed by atoms with Crippen molar-refractivity contribution in [1.29, 1.82) is 0 Å². The Hall–Kier alpha value is -2.32. The molecule has 204 valence electrons. The highest BCUT2D eigenvalue weighted by Gasteiger charge is 2.23. The maximum Gasteiger partial charge on any atom is 0.308 e. The largest absolute Gasteiger partial charge is 0.462 e. The van der Waals surface area contributed by atoms with Gasteiger partial charge in [-0.15, -0.1) is 0 Å². The van der Waals surface area contributed by atoms with Gasteiger partial charge >= 0.3 is 23.9 Å². The number of hydrogen-bond acceptors (Lipinski definition) is 13. The van der Waals surface area contributed by atoms with Gasteiger partial charge in [-0.1, -0.05) is 0 Å². The molecule has 0 bridgehead atoms. The average molecular weight is 511 g/mol. The molecule has 0 saturated heterocycles. The molecule has 0 amide bonds. The van der Waals surface area contributed by atoms with E-state index in [1.54, 1.807) is 0 Å². The number of carbonyl (C=O) groups is 4. The molecule has 13 heteroatoms. The summed E-state index contributed by atoms with van der Waals surface area (Å²) in [7, 11) is 0. The summed E-state index contributed by atoms with van der Waals surface area (Å²) in [5.41, 5.74) is 0. The fourth-order valence-corrected chi connectivity index (χ4v) is 2.49. The Kier molecular flexibility index (Phi) is 16.8. The van der Waals surface area contributed by atoms with Crippen LogP contribution in [0.25, 0.3) is 0 Å². The van der Waals surface area contributed by atoms with Crippen molar-refractivity contribution >= 4 is 23.9 Å². The van der Waals surface area contributed by atoms with Gasteiger partial charge in [-0.05, 0) is 27.7 Å². The molecule has 0 aliphatic heterocycles. The van der Waals surface area contributed by atoms with E-state index in [2.05, 4.69) is 0 Å². The van der Waals surface area contributed by atoms with Crippen LogP contribution in [0, 0.1) is 0 Å². The van der Waals surface area contributed by atoms with Crippen LogP contribution >= 0.6 is 0 Å². The molecule has 0 heterocycles. The van der Waals surface area contributed by atoms with E-state index in [9.17, 15) is 39.6 Å². The smallest absolute Gasteiger partial charge is 0.308 e. The monoisotopic (exact) mass is 510 g/mol. The van der Waals surface area contributed by atoms with E-state index in [0.717, 1.165) is 0 Å². The summed E-state index contributed by atoms with van der Waals surface area (Å²) >= 11 is 0. The van der Waals surface area contributed by atoms with Crippen molar-refractivity contribution in [2.75, 3.05) is 26.4 Å². The van der Waals surface area contributed by atoms with Crippen molar-refractivity contribution in [3.8, 4) is 0 Å². The minimum Gasteiger partial charge on any atom is -0.462 e. The molecule has 0 aromatic rings. The molecule has 6 unspecified atom stereocenters. The van der Waals surface area contributed by atoms with Crippen molar-refractivity contribution in [1.82, 2.24) is 0 Å². The van der Waals surface area contributed by atoms with Crippen LogP contribution in [-0.4, -0.2) is 107 Å². The molecular formula is C22H38O13. The normalized spacial score (nSPS) is 16.2. The third kappa shape index (κ3) is 19.7. The van der Waals surface area contributed by atoms with Gasteiger partial charge < -0.3 is 44.1 Å². The van der Waals surface area contributed by atoms with E-state index in [1.165, 1.54) is 27.7 Å². The van der Waals surface area contributed by atoms with Crippen molar-refractivity contribution in [3.05, 3.63) is 0 Å². The number of ether oxygens (including phenoxy) is 5. The molecule has 6 atom stereocenters. The third-order valence-electron chi connectivity index (χ3n) is 3.91. The van der Waals surface area contributed by atoms with Crippen molar-refractivity contribution in [3.63, 3.8) is 0 Å². The van der Waals surface area contributed by atoms with E-state index in [1.807, 2.05) is 0 Å². The summed E-state index contributed by atoms with van der Waals surface area (Å²) in [6.07, 6.45) is -7.09. The predicted octanol–water partition coefficient (Wildman–Crippen LogP) is -1.00. The minimum absolute atomic E-state index is 0.270. The van der Waals surface area contributed by atoms with Crippen LogP contribution in [0.2, 0.25) is 0 Å². The van der Waals surface area contributed by atoms with Gasteiger partial charge in [0.1, 0.15) is 13.2 Å². The van der Waals surface area contributed by atoms with Crippen molar-refractivity contribution < 1.29 is 63.3 Å². The highest BCUT2D eigenvalue weighted by Crippen LogP contribution is 2.06. The molecule has 35 heavy (non-hydrogen) atoms. The van der Waals surface area contributed by atoms with Gasteiger partial charge in [0.2, 0.25) is 0 Å². The van der Waals surface area contributed by atoms with E-state index < -0.39 is 73.7 Å². The number of hydrogen-bond donors (Lipinski definition) is 4. The fraction of sp³-hybridized carbons (Fsp3) is 0.818. The first-order valence-electron chi connectivity index (χ1n) is 11.3. The van der Waals surface area contributed by atoms with Crippen molar-refractivity contribution in [2.45, 2.75) is 90.0 Å². The second-order valence-electron chi connectivity index (χ2n) is 8.34. The lowest BCUT2D eigenvalue weighted by molar-refractivity contribution is -0.170. The number of carbonyl (C=O) groups excluding carboxylic acids is 4. The Labute approximate surface area is 204 Å². The molecule has 0 radical (unpaired) electrons. The zero-order chi connectivity index (χ0) is 27.0. The van der Waals surface area contributed by atoms with Gasteiger partial charge in [-0.25, -0.2) is 0 Å². The average Bonchev–Trinajstić information content (AvgIpc) is 2.67. The molecular weight excluding hydrogens is 472 g/mol. The molecule has 0 aliphatic carbocycles. The molecule has 4 N–H and O–H groups in total. The van der Waals surface area contributed by atoms with Crippen LogP contribution < -0.4 is 0 Å². The van der Waals surface area contributed by atoms with Gasteiger partial charge in [0.15, 0.2) is 12.2 Å². The summed E-state index contributed by atoms with van der Waals surface area (Å²) < 4.78 is 25.7. The van der Waals surface area contributed by atoms with E-state index in [4.69, 9.17) is 23.7 Å². The van der Waals surface area contributed by atoms with Crippen LogP contribution in [0.5, 0.6) is 0 Å². The van der Waals surface area contributed by atoms with Gasteiger partial charge in [0.25, 0.3) is 0 Å². The lowest BCUT2D eigenvalue weighted by atomic mass is 10.3. The van der Waals surface area contributed by atoms with Crippen LogP contribution in [0.3, 0.4) is 0 Å². The third-order valence-corrected chi connectivity index (χ3v) is 3.91. The SMILES string of the molecule is CC(O)CC(=O)OCC(COCC(COC(=O)CC(C)O)OC(=O)CC(C)O)OC(=O)CC(C)O. The summed E-state index contributed by atoms with van der Waals surface area (Å²) in [4.78, 5) is 47.2. The van der Waals surface area contributed by atoms with Gasteiger partial charge in [-0.3, -0.25) is 19.2 Å². The fourth-order valence-electron chi connectivity index (χ4n) is 2.49. The summed E-state index contributed by atoms with van der Waals surface area (Å²) in [6.45, 7) is 4.18. The quantitative estimate of drug-likeness (QED) is 0.130. The van der Waals surface area contributed by atoms with E-state index in [-0.39, 0.29) is 38.9 Å². The number of aliphatic hydroxyl groups is 4. The Morgan fingerprint density at radius 2 is 0.800 bits per heavy atom. The molecule has 0 aromatic heterocycles. The first-order valence-corrected chi connectivity index (χ1v) is 11.3. The van der Waals surface area contributed by atoms with Crippen LogP contribution in [0.1, 0.15) is 53.4 Å². The molecule has 0 fully saturated rings. The number of rotatable bonds is 18. The summed E-state index contributed by atoms with van der Waals surface area (Å²) in [5.74, 6) is -3.00. The van der Waals surface area contributed by atoms with Crippen LogP contribution in [0.4, 0.5) is 0 Å². The zero-order valence-corrected chi connectivity index (χ0v) is 20.6. The Balaban J connectivity index is 5.01.